The Morgan fingerprint density at radius 3 is 1.53 bits per heavy atom. The molecule has 1 aliphatic rings. The van der Waals surface area contributed by atoms with Crippen LogP contribution in [0, 0.1) is 0 Å². The Labute approximate surface area is 183 Å². The van der Waals surface area contributed by atoms with Gasteiger partial charge in [-0.25, -0.2) is 0 Å². The van der Waals surface area contributed by atoms with E-state index in [0.717, 1.165) is 6.54 Å². The van der Waals surface area contributed by atoms with Crippen LogP contribution in [-0.4, -0.2) is 76.5 Å². The summed E-state index contributed by atoms with van der Waals surface area (Å²) in [4.78, 5) is 25.5. The van der Waals surface area contributed by atoms with E-state index >= 15 is 0 Å². The van der Waals surface area contributed by atoms with E-state index in [1.807, 2.05) is 48.6 Å². The minimum Gasteiger partial charge on any atom is -0.378 e. The lowest BCUT2D eigenvalue weighted by Crippen LogP contribution is -2.33. The van der Waals surface area contributed by atoms with Gasteiger partial charge in [0.15, 0.2) is 0 Å². The van der Waals surface area contributed by atoms with E-state index in [4.69, 9.17) is 14.2 Å². The van der Waals surface area contributed by atoms with Crippen LogP contribution in [0.15, 0.2) is 24.3 Å². The Hall–Kier alpha value is -1.80. The monoisotopic (exact) mass is 426 g/mol. The van der Waals surface area contributed by atoms with Crippen molar-refractivity contribution in [1.82, 2.24) is 10.2 Å². The van der Waals surface area contributed by atoms with E-state index in [-0.39, 0.29) is 18.4 Å². The lowest BCUT2D eigenvalue weighted by atomic mass is 10.1. The molecule has 2 amide bonds. The molecule has 0 saturated carbocycles. The first-order valence-electron chi connectivity index (χ1n) is 11.1. The molecule has 0 spiro atoms. The Morgan fingerprint density at radius 1 is 0.700 bits per heavy atom. The summed E-state index contributed by atoms with van der Waals surface area (Å²) in [7, 11) is 1.87. The smallest absolute Gasteiger partial charge is 0.261 e. The number of imide groups is 1. The standard InChI is InChI=1S/C17H24N2O5.3C2H6/c1-18-6-8-22-10-12-24-13-11-23-9-7-19-16(20)14-4-2-3-5-15(14)17(19)21;3*1-2/h2-5,18H,6-13H2,1H3;3*1-2H3. The first-order chi connectivity index (χ1) is 14.8. The molecule has 174 valence electrons. The summed E-state index contributed by atoms with van der Waals surface area (Å²) in [5, 5.41) is 2.99. The van der Waals surface area contributed by atoms with E-state index in [2.05, 4.69) is 5.32 Å². The van der Waals surface area contributed by atoms with Gasteiger partial charge in [0.25, 0.3) is 11.8 Å². The molecule has 0 aromatic heterocycles. The molecular formula is C23H42N2O5. The minimum absolute atomic E-state index is 0.249. The molecule has 2 rings (SSSR count). The zero-order valence-electron chi connectivity index (χ0n) is 20.0. The van der Waals surface area contributed by atoms with Crippen molar-refractivity contribution in [2.24, 2.45) is 0 Å². The maximum Gasteiger partial charge on any atom is 0.261 e. The van der Waals surface area contributed by atoms with Gasteiger partial charge in [-0.05, 0) is 19.2 Å². The second-order valence-corrected chi connectivity index (χ2v) is 5.25. The Morgan fingerprint density at radius 2 is 1.10 bits per heavy atom. The Kier molecular flexibility index (Phi) is 22.2. The molecule has 0 atom stereocenters. The third kappa shape index (κ3) is 11.4. The van der Waals surface area contributed by atoms with Crippen molar-refractivity contribution in [2.75, 3.05) is 59.8 Å². The highest BCUT2D eigenvalue weighted by Crippen LogP contribution is 2.21. The molecule has 7 heteroatoms. The molecule has 1 aromatic rings. The number of nitrogens with one attached hydrogen (secondary N) is 1. The SMILES string of the molecule is CC.CC.CC.CNCCOCCOCCOCCN1C(=O)c2ccccc2C1=O. The molecule has 0 radical (unpaired) electrons. The summed E-state index contributed by atoms with van der Waals surface area (Å²) in [5.74, 6) is -0.511. The van der Waals surface area contributed by atoms with Crippen LogP contribution in [0.25, 0.3) is 0 Å². The van der Waals surface area contributed by atoms with E-state index in [1.54, 1.807) is 24.3 Å². The highest BCUT2D eigenvalue weighted by molar-refractivity contribution is 6.21. The molecule has 1 aromatic carbocycles. The van der Waals surface area contributed by atoms with E-state index in [1.165, 1.54) is 4.90 Å². The molecule has 0 fully saturated rings. The average Bonchev–Trinajstić information content (AvgIpc) is 3.06. The quantitative estimate of drug-likeness (QED) is 0.406. The fourth-order valence-electron chi connectivity index (χ4n) is 2.31. The Balaban J connectivity index is 0. The largest absolute Gasteiger partial charge is 0.378 e. The number of carbonyl (C=O) groups excluding carboxylic acids is 2. The summed E-state index contributed by atoms with van der Waals surface area (Å²) in [6.45, 7) is 16.0. The number of nitrogens with zero attached hydrogens (tertiary/aromatic N) is 1. The van der Waals surface area contributed by atoms with Crippen molar-refractivity contribution in [3.8, 4) is 0 Å². The number of benzene rings is 1. The fourth-order valence-corrected chi connectivity index (χ4v) is 2.31. The number of hydrogen-bond donors (Lipinski definition) is 1. The highest BCUT2D eigenvalue weighted by Gasteiger charge is 2.34. The molecule has 0 aliphatic carbocycles. The number of rotatable bonds is 12. The third-order valence-corrected chi connectivity index (χ3v) is 3.58. The van der Waals surface area contributed by atoms with Crippen molar-refractivity contribution in [3.63, 3.8) is 0 Å². The predicted octanol–water partition coefficient (Wildman–Crippen LogP) is 3.63. The minimum atomic E-state index is -0.255. The second kappa shape index (κ2) is 21.9. The van der Waals surface area contributed by atoms with Gasteiger partial charge in [-0.3, -0.25) is 14.5 Å². The zero-order valence-corrected chi connectivity index (χ0v) is 20.0. The third-order valence-electron chi connectivity index (χ3n) is 3.58. The van der Waals surface area contributed by atoms with Gasteiger partial charge in [0.2, 0.25) is 0 Å². The number of ether oxygens (including phenoxy) is 3. The van der Waals surface area contributed by atoms with Gasteiger partial charge < -0.3 is 19.5 Å². The number of amides is 2. The van der Waals surface area contributed by atoms with Crippen molar-refractivity contribution in [2.45, 2.75) is 41.5 Å². The van der Waals surface area contributed by atoms with Gasteiger partial charge in [0.1, 0.15) is 0 Å². The first kappa shape index (κ1) is 30.4. The van der Waals surface area contributed by atoms with Gasteiger partial charge in [0, 0.05) is 6.54 Å². The van der Waals surface area contributed by atoms with E-state index in [9.17, 15) is 9.59 Å². The van der Waals surface area contributed by atoms with Gasteiger partial charge in [-0.2, -0.15) is 0 Å². The van der Waals surface area contributed by atoms with Crippen LogP contribution >= 0.6 is 0 Å². The van der Waals surface area contributed by atoms with E-state index in [0.29, 0.717) is 50.8 Å². The maximum atomic E-state index is 12.1. The van der Waals surface area contributed by atoms with Gasteiger partial charge >= 0.3 is 0 Å². The van der Waals surface area contributed by atoms with Crippen LogP contribution in [0.2, 0.25) is 0 Å². The second-order valence-electron chi connectivity index (χ2n) is 5.25. The molecule has 1 N–H and O–H groups in total. The molecular weight excluding hydrogens is 384 g/mol. The van der Waals surface area contributed by atoms with Crippen LogP contribution in [0.1, 0.15) is 62.3 Å². The van der Waals surface area contributed by atoms with Crippen molar-refractivity contribution < 1.29 is 23.8 Å². The molecule has 1 aliphatic heterocycles. The van der Waals surface area contributed by atoms with Crippen molar-refractivity contribution in [3.05, 3.63) is 35.4 Å². The summed E-state index contributed by atoms with van der Waals surface area (Å²) in [5.41, 5.74) is 0.924. The predicted molar refractivity (Wildman–Crippen MR) is 122 cm³/mol. The molecule has 0 saturated heterocycles. The zero-order chi connectivity index (χ0) is 23.2. The first-order valence-corrected chi connectivity index (χ1v) is 11.1. The lowest BCUT2D eigenvalue weighted by Gasteiger charge is -2.13. The summed E-state index contributed by atoms with van der Waals surface area (Å²) in [6.07, 6.45) is 0. The topological polar surface area (TPSA) is 77.1 Å². The number of hydrogen-bond acceptors (Lipinski definition) is 6. The summed E-state index contributed by atoms with van der Waals surface area (Å²) < 4.78 is 16.1. The summed E-state index contributed by atoms with van der Waals surface area (Å²) in [6, 6.07) is 6.85. The van der Waals surface area contributed by atoms with Crippen molar-refractivity contribution >= 4 is 11.8 Å². The lowest BCUT2D eigenvalue weighted by molar-refractivity contribution is 0.0118. The number of likely N-dealkylation sites (N-methyl/N-ethyl adjacent to an activating group) is 1. The van der Waals surface area contributed by atoms with Gasteiger partial charge in [-0.1, -0.05) is 53.7 Å². The number of carbonyl (C=O) groups is 2. The molecule has 0 unspecified atom stereocenters. The normalized spacial score (nSPS) is 11.5. The number of fused-ring (bicyclic) bond motifs is 1. The van der Waals surface area contributed by atoms with Crippen LogP contribution < -0.4 is 5.32 Å². The molecule has 1 heterocycles. The maximum absolute atomic E-state index is 12.1. The van der Waals surface area contributed by atoms with Crippen molar-refractivity contribution in [1.29, 1.82) is 0 Å². The average molecular weight is 427 g/mol. The van der Waals surface area contributed by atoms with Crippen LogP contribution in [0.3, 0.4) is 0 Å². The van der Waals surface area contributed by atoms with Crippen LogP contribution in [-0.2, 0) is 14.2 Å². The van der Waals surface area contributed by atoms with Crippen LogP contribution in [0.4, 0.5) is 0 Å². The highest BCUT2D eigenvalue weighted by atomic mass is 16.5. The van der Waals surface area contributed by atoms with E-state index < -0.39 is 0 Å². The summed E-state index contributed by atoms with van der Waals surface area (Å²) >= 11 is 0. The molecule has 0 bridgehead atoms. The van der Waals surface area contributed by atoms with Gasteiger partial charge in [0.05, 0.1) is 57.3 Å². The van der Waals surface area contributed by atoms with Crippen LogP contribution in [0.5, 0.6) is 0 Å². The molecule has 30 heavy (non-hydrogen) atoms. The fraction of sp³-hybridized carbons (Fsp3) is 0.652. The van der Waals surface area contributed by atoms with Gasteiger partial charge in [-0.15, -0.1) is 0 Å². The Bertz CT molecular complexity index is 517. The molecule has 7 nitrogen and oxygen atoms in total.